The van der Waals surface area contributed by atoms with Gasteiger partial charge in [0.15, 0.2) is 5.52 Å². The van der Waals surface area contributed by atoms with Crippen LogP contribution in [0.5, 0.6) is 11.5 Å². The molecule has 0 aliphatic carbocycles. The summed E-state index contributed by atoms with van der Waals surface area (Å²) in [6, 6.07) is 10.9. The third-order valence-corrected chi connectivity index (χ3v) is 4.58. The summed E-state index contributed by atoms with van der Waals surface area (Å²) in [6.07, 6.45) is 0. The number of aryl methyl sites for hydroxylation is 1. The summed E-state index contributed by atoms with van der Waals surface area (Å²) in [6.45, 7) is 1.88. The van der Waals surface area contributed by atoms with Crippen LogP contribution in [0.15, 0.2) is 36.4 Å². The molecule has 0 aliphatic rings. The number of hydrogen-bond donors (Lipinski definition) is 0. The molecule has 0 fully saturated rings. The van der Waals surface area contributed by atoms with Gasteiger partial charge in [0.2, 0.25) is 0 Å². The molecule has 2 rings (SSSR count). The van der Waals surface area contributed by atoms with Crippen molar-refractivity contribution in [1.82, 2.24) is 0 Å². The molecule has 0 amide bonds. The number of rotatable bonds is 5. The zero-order valence-corrected chi connectivity index (χ0v) is 14.8. The molecular weight excluding hydrogens is 314 g/mol. The summed E-state index contributed by atoms with van der Waals surface area (Å²) in [5.41, 5.74) is 1.46. The van der Waals surface area contributed by atoms with Crippen molar-refractivity contribution in [3.05, 3.63) is 52.5 Å². The summed E-state index contributed by atoms with van der Waals surface area (Å²) in [5, 5.41) is 1.32. The Morgan fingerprint density at radius 2 is 1.91 bits per heavy atom. The van der Waals surface area contributed by atoms with E-state index in [4.69, 9.17) is 21.1 Å². The monoisotopic (exact) mass is 330 g/mol. The average molecular weight is 331 g/mol. The first-order chi connectivity index (χ1) is 10.1. The van der Waals surface area contributed by atoms with Gasteiger partial charge in [-0.15, -0.1) is 0 Å². The number of hydrogen-bond acceptors (Lipinski definition) is 3. The van der Waals surface area contributed by atoms with E-state index in [9.17, 15) is 4.79 Å². The first kappa shape index (κ1) is 19.1. The Bertz CT molecular complexity index is 662. The fourth-order valence-electron chi connectivity index (χ4n) is 2.01. The molecule has 0 bridgehead atoms. The Balaban J connectivity index is 0.00000242. The molecule has 0 saturated carbocycles. The van der Waals surface area contributed by atoms with E-state index in [0.717, 1.165) is 10.9 Å². The molecule has 0 heterocycles. The van der Waals surface area contributed by atoms with Gasteiger partial charge < -0.3 is 10.9 Å². The van der Waals surface area contributed by atoms with Crippen LogP contribution in [-0.4, -0.2) is 19.7 Å². The average Bonchev–Trinajstić information content (AvgIpc) is 2.47. The second kappa shape index (κ2) is 8.61. The Labute approximate surface area is 150 Å². The number of benzene rings is 2. The number of carbonyl (C=O) groups excluding carboxylic acids is 1. The maximum Gasteiger partial charge on any atom is 1.00 e. The van der Waals surface area contributed by atoms with Gasteiger partial charge in [-0.3, -0.25) is 4.79 Å². The van der Waals surface area contributed by atoms with Gasteiger partial charge in [0, 0.05) is 16.9 Å². The van der Waals surface area contributed by atoms with E-state index in [2.05, 4.69) is 0 Å². The van der Waals surface area contributed by atoms with Crippen molar-refractivity contribution in [3.8, 4) is 11.5 Å². The van der Waals surface area contributed by atoms with E-state index in [1.807, 2.05) is 31.2 Å². The van der Waals surface area contributed by atoms with Crippen molar-refractivity contribution >= 4 is 31.0 Å². The first-order valence-corrected chi connectivity index (χ1v) is 7.73. The standard InChI is InChI=1S/C16H16ClO3P.Li.H/c1-10-5-4-6-12(17)15(10)16(18)21-14-8-7-11(19-2)9-13(14)20-3;;/h4-9,21H,1-3H3;;/q;+1;-1. The van der Waals surface area contributed by atoms with Gasteiger partial charge in [0.05, 0.1) is 19.2 Å². The van der Waals surface area contributed by atoms with Crippen LogP contribution >= 0.6 is 20.2 Å². The first-order valence-electron chi connectivity index (χ1n) is 6.35. The van der Waals surface area contributed by atoms with Crippen molar-refractivity contribution < 1.29 is 34.6 Å². The largest absolute Gasteiger partial charge is 1.00 e. The summed E-state index contributed by atoms with van der Waals surface area (Å²) < 4.78 is 10.5. The molecule has 0 aliphatic heterocycles. The molecule has 112 valence electrons. The third-order valence-electron chi connectivity index (χ3n) is 3.11. The van der Waals surface area contributed by atoms with Gasteiger partial charge in [-0.1, -0.05) is 23.7 Å². The van der Waals surface area contributed by atoms with E-state index in [0.29, 0.717) is 22.1 Å². The van der Waals surface area contributed by atoms with Gasteiger partial charge >= 0.3 is 18.9 Å². The van der Waals surface area contributed by atoms with Crippen molar-refractivity contribution in [2.24, 2.45) is 0 Å². The van der Waals surface area contributed by atoms with E-state index in [1.54, 1.807) is 26.4 Å². The van der Waals surface area contributed by atoms with Crippen LogP contribution in [0.25, 0.3) is 0 Å². The van der Waals surface area contributed by atoms with Crippen LogP contribution in [0.1, 0.15) is 17.3 Å². The molecule has 6 heteroatoms. The van der Waals surface area contributed by atoms with E-state index in [-0.39, 0.29) is 34.4 Å². The fraction of sp³-hybridized carbons (Fsp3) is 0.188. The number of ether oxygens (including phenoxy) is 2. The molecule has 0 radical (unpaired) electrons. The van der Waals surface area contributed by atoms with E-state index < -0.39 is 0 Å². The summed E-state index contributed by atoms with van der Waals surface area (Å²) >= 11 is 6.14. The smallest absolute Gasteiger partial charge is 1.00 e. The molecule has 1 unspecified atom stereocenters. The number of carbonyl (C=O) groups is 1. The minimum absolute atomic E-state index is 0. The Kier molecular flexibility index (Phi) is 7.46. The molecule has 0 spiro atoms. The predicted molar refractivity (Wildman–Crippen MR) is 89.1 cm³/mol. The van der Waals surface area contributed by atoms with E-state index >= 15 is 0 Å². The van der Waals surface area contributed by atoms with Gasteiger partial charge in [0.1, 0.15) is 11.5 Å². The van der Waals surface area contributed by atoms with Crippen LogP contribution < -0.4 is 33.6 Å². The van der Waals surface area contributed by atoms with Crippen molar-refractivity contribution in [1.29, 1.82) is 0 Å². The fourth-order valence-corrected chi connectivity index (χ4v) is 3.56. The number of halogens is 1. The molecule has 1 atom stereocenters. The molecule has 0 N–H and O–H groups in total. The normalized spacial score (nSPS) is 10.4. The van der Waals surface area contributed by atoms with Crippen molar-refractivity contribution in [2.45, 2.75) is 6.92 Å². The van der Waals surface area contributed by atoms with Crippen LogP contribution in [0, 0.1) is 6.92 Å². The molecule has 0 aromatic heterocycles. The second-order valence-electron chi connectivity index (χ2n) is 4.45. The van der Waals surface area contributed by atoms with Gasteiger partial charge in [-0.05, 0) is 39.3 Å². The van der Waals surface area contributed by atoms with Crippen LogP contribution in [0.3, 0.4) is 0 Å². The summed E-state index contributed by atoms with van der Waals surface area (Å²) in [4.78, 5) is 12.5. The minimum Gasteiger partial charge on any atom is -1.00 e. The number of methoxy groups -OCH3 is 2. The zero-order chi connectivity index (χ0) is 15.4. The summed E-state index contributed by atoms with van der Waals surface area (Å²) in [7, 11) is 3.12. The van der Waals surface area contributed by atoms with Crippen molar-refractivity contribution in [3.63, 3.8) is 0 Å². The maximum atomic E-state index is 12.5. The topological polar surface area (TPSA) is 35.5 Å². The zero-order valence-electron chi connectivity index (χ0n) is 14.1. The van der Waals surface area contributed by atoms with Gasteiger partial charge in [-0.2, -0.15) is 0 Å². The minimum atomic E-state index is -0.0520. The predicted octanol–water partition coefficient (Wildman–Crippen LogP) is 0.926. The Morgan fingerprint density at radius 1 is 1.18 bits per heavy atom. The van der Waals surface area contributed by atoms with E-state index in [1.165, 1.54) is 0 Å². The quantitative estimate of drug-likeness (QED) is 0.604. The van der Waals surface area contributed by atoms with Crippen LogP contribution in [0.2, 0.25) is 5.02 Å². The van der Waals surface area contributed by atoms with Crippen LogP contribution in [0.4, 0.5) is 0 Å². The SMILES string of the molecule is COc1ccc(PC(=O)c2c(C)cccc2Cl)c(OC)c1.[H-].[Li+]. The molecular formula is C16H17ClLiO3P. The second-order valence-corrected chi connectivity index (χ2v) is 6.10. The summed E-state index contributed by atoms with van der Waals surface area (Å²) in [5.74, 6) is 1.34. The van der Waals surface area contributed by atoms with Gasteiger partial charge in [-0.25, -0.2) is 0 Å². The molecule has 2 aromatic carbocycles. The molecule has 0 saturated heterocycles. The van der Waals surface area contributed by atoms with Gasteiger partial charge in [0.25, 0.3) is 0 Å². The Hall–Kier alpha value is -0.973. The molecule has 3 nitrogen and oxygen atoms in total. The van der Waals surface area contributed by atoms with Crippen LogP contribution in [-0.2, 0) is 0 Å². The maximum absolute atomic E-state index is 12.5. The third kappa shape index (κ3) is 4.28. The molecule has 22 heavy (non-hydrogen) atoms. The Morgan fingerprint density at radius 3 is 2.50 bits per heavy atom. The van der Waals surface area contributed by atoms with Crippen molar-refractivity contribution in [2.75, 3.05) is 14.2 Å². The molecule has 2 aromatic rings.